The fourth-order valence-electron chi connectivity index (χ4n) is 3.13. The van der Waals surface area contributed by atoms with E-state index in [0.29, 0.717) is 0 Å². The Bertz CT molecular complexity index is 1230. The first kappa shape index (κ1) is 23.1. The Balaban J connectivity index is 0.000000523. The molecule has 0 fully saturated rings. The van der Waals surface area contributed by atoms with Crippen LogP contribution in [-0.4, -0.2) is 14.4 Å². The summed E-state index contributed by atoms with van der Waals surface area (Å²) in [7, 11) is -4.33. The van der Waals surface area contributed by atoms with Crippen LogP contribution >= 0.6 is 0 Å². The SMILES string of the molecule is CCc1ccc2oc(-c3ccccc3)cc(=[NH+]c3ccc(OC)cc3)c2c1.F[B-](F)(F)F. The second-order valence-corrected chi connectivity index (χ2v) is 6.92. The molecular formula is C24H22BF4NO2. The maximum absolute atomic E-state index is 9.75. The molecule has 0 aliphatic heterocycles. The van der Waals surface area contributed by atoms with E-state index >= 15 is 0 Å². The van der Waals surface area contributed by atoms with Crippen molar-refractivity contribution in [1.82, 2.24) is 0 Å². The van der Waals surface area contributed by atoms with Crippen LogP contribution in [-0.2, 0) is 6.42 Å². The van der Waals surface area contributed by atoms with Crippen molar-refractivity contribution in [2.75, 3.05) is 7.11 Å². The van der Waals surface area contributed by atoms with Gasteiger partial charge in [-0.2, -0.15) is 0 Å². The zero-order valence-electron chi connectivity index (χ0n) is 17.6. The quantitative estimate of drug-likeness (QED) is 0.344. The van der Waals surface area contributed by atoms with E-state index in [9.17, 15) is 17.3 Å². The molecule has 3 aromatic carbocycles. The van der Waals surface area contributed by atoms with Crippen LogP contribution in [0.4, 0.5) is 23.0 Å². The van der Waals surface area contributed by atoms with Crippen LogP contribution in [0.25, 0.3) is 22.3 Å². The summed E-state index contributed by atoms with van der Waals surface area (Å²) in [6, 6.07) is 26.5. The number of hydrogen-bond donors (Lipinski definition) is 1. The number of ether oxygens (including phenoxy) is 1. The molecular weight excluding hydrogens is 421 g/mol. The Morgan fingerprint density at radius 1 is 0.875 bits per heavy atom. The van der Waals surface area contributed by atoms with Crippen molar-refractivity contribution < 1.29 is 31.4 Å². The van der Waals surface area contributed by atoms with E-state index in [4.69, 9.17) is 9.15 Å². The van der Waals surface area contributed by atoms with E-state index in [1.807, 2.05) is 42.5 Å². The number of aryl methyl sites for hydroxylation is 1. The summed E-state index contributed by atoms with van der Waals surface area (Å²) in [6.45, 7) is 2.16. The Hall–Kier alpha value is -3.55. The summed E-state index contributed by atoms with van der Waals surface area (Å²) in [5.41, 5.74) is 4.20. The van der Waals surface area contributed by atoms with Crippen LogP contribution in [0.5, 0.6) is 5.75 Å². The fraction of sp³-hybridized carbons (Fsp3) is 0.125. The van der Waals surface area contributed by atoms with Gasteiger partial charge in [0, 0.05) is 17.7 Å². The molecule has 0 atom stereocenters. The normalized spacial score (nSPS) is 11.8. The summed E-state index contributed by atoms with van der Waals surface area (Å²) in [5.74, 6) is 1.68. The van der Waals surface area contributed by atoms with E-state index in [1.165, 1.54) is 5.56 Å². The molecule has 0 spiro atoms. The highest BCUT2D eigenvalue weighted by atomic mass is 19.5. The van der Waals surface area contributed by atoms with Crippen molar-refractivity contribution in [3.8, 4) is 17.1 Å². The maximum Gasteiger partial charge on any atom is 0.673 e. The second-order valence-electron chi connectivity index (χ2n) is 6.92. The molecule has 4 aromatic rings. The number of benzene rings is 3. The van der Waals surface area contributed by atoms with Crippen molar-refractivity contribution in [2.24, 2.45) is 0 Å². The van der Waals surface area contributed by atoms with E-state index < -0.39 is 7.25 Å². The lowest BCUT2D eigenvalue weighted by molar-refractivity contribution is -0.400. The van der Waals surface area contributed by atoms with Gasteiger partial charge in [0.1, 0.15) is 17.1 Å². The number of methoxy groups -OCH3 is 1. The first-order valence-electron chi connectivity index (χ1n) is 10.0. The van der Waals surface area contributed by atoms with Gasteiger partial charge in [-0.15, -0.1) is 0 Å². The van der Waals surface area contributed by atoms with Gasteiger partial charge in [0.05, 0.1) is 18.6 Å². The highest BCUT2D eigenvalue weighted by Crippen LogP contribution is 2.22. The minimum Gasteiger partial charge on any atom is -0.497 e. The number of fused-ring (bicyclic) bond motifs is 1. The van der Waals surface area contributed by atoms with Crippen molar-refractivity contribution in [2.45, 2.75) is 13.3 Å². The van der Waals surface area contributed by atoms with E-state index in [2.05, 4.69) is 48.3 Å². The van der Waals surface area contributed by atoms with Gasteiger partial charge in [0.25, 0.3) is 0 Å². The topological polar surface area (TPSA) is 36.3 Å². The largest absolute Gasteiger partial charge is 0.673 e. The molecule has 0 radical (unpaired) electrons. The van der Waals surface area contributed by atoms with Gasteiger partial charge < -0.3 is 26.4 Å². The average Bonchev–Trinajstić information content (AvgIpc) is 2.78. The van der Waals surface area contributed by atoms with Gasteiger partial charge >= 0.3 is 7.25 Å². The molecule has 4 rings (SSSR count). The standard InChI is InChI=1S/C24H21NO2.BF4/c1-3-17-9-14-23-21(15-17)22(25-19-10-12-20(26-2)13-11-19)16-24(27-23)18-7-5-4-6-8-18;2-1(3,4)5/h4-16H,3H2,1-2H3;/q;-1/p+1. The molecule has 0 bridgehead atoms. The molecule has 1 aromatic heterocycles. The van der Waals surface area contributed by atoms with Crippen molar-refractivity contribution >= 4 is 23.9 Å². The zero-order chi connectivity index (χ0) is 23.1. The Kier molecular flexibility index (Phi) is 7.35. The smallest absolute Gasteiger partial charge is 0.497 e. The third kappa shape index (κ3) is 6.47. The monoisotopic (exact) mass is 443 g/mol. The summed E-state index contributed by atoms with van der Waals surface area (Å²) >= 11 is 0. The first-order chi connectivity index (χ1) is 15.3. The molecule has 0 amide bonds. The Morgan fingerprint density at radius 2 is 1.53 bits per heavy atom. The van der Waals surface area contributed by atoms with Gasteiger partial charge in [-0.3, -0.25) is 0 Å². The second kappa shape index (κ2) is 10.2. The predicted octanol–water partition coefficient (Wildman–Crippen LogP) is 5.28. The summed E-state index contributed by atoms with van der Waals surface area (Å²) < 4.78 is 50.5. The molecule has 0 saturated carbocycles. The van der Waals surface area contributed by atoms with Crippen LogP contribution in [0.3, 0.4) is 0 Å². The fourth-order valence-corrected chi connectivity index (χ4v) is 3.13. The highest BCUT2D eigenvalue weighted by molar-refractivity contribution is 6.50. The molecule has 0 aliphatic rings. The Labute approximate surface area is 183 Å². The molecule has 8 heteroatoms. The van der Waals surface area contributed by atoms with Crippen LogP contribution in [0.1, 0.15) is 12.5 Å². The number of halogens is 4. The van der Waals surface area contributed by atoms with E-state index in [-0.39, 0.29) is 0 Å². The summed E-state index contributed by atoms with van der Waals surface area (Å²) in [5, 5.41) is 2.10. The van der Waals surface area contributed by atoms with E-state index in [0.717, 1.165) is 45.5 Å². The van der Waals surface area contributed by atoms with E-state index in [1.54, 1.807) is 7.11 Å². The van der Waals surface area contributed by atoms with Crippen molar-refractivity contribution in [3.63, 3.8) is 0 Å². The lowest BCUT2D eigenvalue weighted by Gasteiger charge is -2.04. The van der Waals surface area contributed by atoms with Crippen molar-refractivity contribution in [1.29, 1.82) is 0 Å². The molecule has 1 heterocycles. The summed E-state index contributed by atoms with van der Waals surface area (Å²) in [6.07, 6.45) is 0.984. The summed E-state index contributed by atoms with van der Waals surface area (Å²) in [4.78, 5) is 3.54. The first-order valence-corrected chi connectivity index (χ1v) is 10.0. The van der Waals surface area contributed by atoms with Crippen LogP contribution in [0.15, 0.2) is 83.3 Å². The van der Waals surface area contributed by atoms with Gasteiger partial charge in [-0.25, -0.2) is 4.99 Å². The van der Waals surface area contributed by atoms with Gasteiger partial charge in [-0.1, -0.05) is 43.3 Å². The van der Waals surface area contributed by atoms with Crippen molar-refractivity contribution in [3.05, 3.63) is 89.8 Å². The van der Waals surface area contributed by atoms with Gasteiger partial charge in [0.15, 0.2) is 0 Å². The number of hydrogen-bond acceptors (Lipinski definition) is 2. The number of rotatable bonds is 4. The minimum atomic E-state index is -6.00. The lowest BCUT2D eigenvalue weighted by atomic mass is 10.1. The van der Waals surface area contributed by atoms with Crippen LogP contribution < -0.4 is 15.1 Å². The highest BCUT2D eigenvalue weighted by Gasteiger charge is 2.20. The number of nitrogens with one attached hydrogen (secondary N) is 1. The molecule has 1 N–H and O–H groups in total. The van der Waals surface area contributed by atoms with Crippen LogP contribution in [0, 0.1) is 0 Å². The maximum atomic E-state index is 9.75. The molecule has 166 valence electrons. The minimum absolute atomic E-state index is 0.836. The van der Waals surface area contributed by atoms with Gasteiger partial charge in [0.2, 0.25) is 11.0 Å². The molecule has 0 unspecified atom stereocenters. The molecule has 3 nitrogen and oxygen atoms in total. The average molecular weight is 443 g/mol. The zero-order valence-corrected chi connectivity index (χ0v) is 17.6. The van der Waals surface area contributed by atoms with Crippen LogP contribution in [0.2, 0.25) is 0 Å². The third-order valence-electron chi connectivity index (χ3n) is 4.67. The lowest BCUT2D eigenvalue weighted by Crippen LogP contribution is -2.70. The van der Waals surface area contributed by atoms with Gasteiger partial charge in [-0.05, 0) is 36.2 Å². The molecule has 0 saturated heterocycles. The molecule has 32 heavy (non-hydrogen) atoms. The predicted molar refractivity (Wildman–Crippen MR) is 118 cm³/mol. The molecule has 0 aliphatic carbocycles. The Morgan fingerprint density at radius 3 is 2.12 bits per heavy atom. The third-order valence-corrected chi connectivity index (χ3v) is 4.67.